The van der Waals surface area contributed by atoms with Crippen molar-refractivity contribution in [3.63, 3.8) is 0 Å². The highest BCUT2D eigenvalue weighted by Gasteiger charge is 1.96. The first kappa shape index (κ1) is 12.9. The number of hydrogen-bond acceptors (Lipinski definition) is 2. The first-order chi connectivity index (χ1) is 8.74. The van der Waals surface area contributed by atoms with Crippen molar-refractivity contribution in [1.29, 1.82) is 0 Å². The zero-order valence-corrected chi connectivity index (χ0v) is 10.8. The van der Waals surface area contributed by atoms with Crippen LogP contribution in [0.25, 0.3) is 0 Å². The molecule has 2 N–H and O–H groups in total. The third-order valence-corrected chi connectivity index (χ3v) is 2.98. The molecule has 0 heterocycles. The van der Waals surface area contributed by atoms with Crippen LogP contribution in [0.3, 0.4) is 0 Å². The Hall–Kier alpha value is -1.51. The molecule has 0 radical (unpaired) electrons. The molecule has 0 saturated carbocycles. The summed E-state index contributed by atoms with van der Waals surface area (Å²) in [6.07, 6.45) is 0.957. The van der Waals surface area contributed by atoms with Gasteiger partial charge in [0.25, 0.3) is 0 Å². The topological polar surface area (TPSA) is 32.3 Å². The number of hydrogen-bond donors (Lipinski definition) is 2. The Morgan fingerprint density at radius 2 is 1.78 bits per heavy atom. The predicted octanol–water partition coefficient (Wildman–Crippen LogP) is 3.38. The van der Waals surface area contributed by atoms with E-state index in [-0.39, 0.29) is 0 Å². The molecule has 2 aromatic rings. The van der Waals surface area contributed by atoms with Gasteiger partial charge in [0.05, 0.1) is 0 Å². The molecule has 0 aromatic heterocycles. The quantitative estimate of drug-likeness (QED) is 0.809. The Labute approximate surface area is 112 Å². The highest BCUT2D eigenvalue weighted by Crippen LogP contribution is 2.11. The highest BCUT2D eigenvalue weighted by atomic mass is 35.5. The summed E-state index contributed by atoms with van der Waals surface area (Å²) in [6, 6.07) is 15.2. The van der Waals surface area contributed by atoms with Crippen LogP contribution in [0, 0.1) is 0 Å². The molecule has 0 aliphatic heterocycles. The molecule has 0 spiro atoms. The summed E-state index contributed by atoms with van der Waals surface area (Å²) < 4.78 is 0. The maximum absolute atomic E-state index is 9.17. The van der Waals surface area contributed by atoms with Gasteiger partial charge in [0.2, 0.25) is 0 Å². The van der Waals surface area contributed by atoms with Gasteiger partial charge in [-0.05, 0) is 48.4 Å². The summed E-state index contributed by atoms with van der Waals surface area (Å²) in [7, 11) is 0. The molecule has 0 fully saturated rings. The van der Waals surface area contributed by atoms with Crippen molar-refractivity contribution in [3.05, 3.63) is 64.7 Å². The lowest BCUT2D eigenvalue weighted by Crippen LogP contribution is -2.16. The van der Waals surface area contributed by atoms with Crippen LogP contribution in [-0.2, 0) is 13.0 Å². The molecule has 0 amide bonds. The van der Waals surface area contributed by atoms with Gasteiger partial charge in [-0.3, -0.25) is 0 Å². The van der Waals surface area contributed by atoms with Crippen LogP contribution in [0.2, 0.25) is 5.02 Å². The van der Waals surface area contributed by atoms with Gasteiger partial charge < -0.3 is 10.4 Å². The first-order valence-corrected chi connectivity index (χ1v) is 6.35. The monoisotopic (exact) mass is 261 g/mol. The van der Waals surface area contributed by atoms with Gasteiger partial charge in [0, 0.05) is 11.6 Å². The van der Waals surface area contributed by atoms with E-state index < -0.39 is 0 Å². The number of rotatable bonds is 5. The molecule has 94 valence electrons. The van der Waals surface area contributed by atoms with Gasteiger partial charge in [-0.2, -0.15) is 0 Å². The molecule has 3 heteroatoms. The molecular formula is C15H16ClNO. The lowest BCUT2D eigenvalue weighted by Gasteiger charge is -2.05. The Balaban J connectivity index is 1.74. The summed E-state index contributed by atoms with van der Waals surface area (Å²) >= 11 is 5.92. The fourth-order valence-corrected chi connectivity index (χ4v) is 1.98. The highest BCUT2D eigenvalue weighted by molar-refractivity contribution is 6.30. The fourth-order valence-electron chi connectivity index (χ4n) is 1.77. The van der Waals surface area contributed by atoms with Crippen LogP contribution >= 0.6 is 11.6 Å². The van der Waals surface area contributed by atoms with Crippen molar-refractivity contribution in [1.82, 2.24) is 5.32 Å². The maximum Gasteiger partial charge on any atom is 0.115 e. The molecule has 2 aromatic carbocycles. The second-order valence-electron chi connectivity index (χ2n) is 4.22. The van der Waals surface area contributed by atoms with Crippen molar-refractivity contribution in [2.75, 3.05) is 6.54 Å². The third kappa shape index (κ3) is 4.06. The smallest absolute Gasteiger partial charge is 0.115 e. The van der Waals surface area contributed by atoms with Gasteiger partial charge in [-0.25, -0.2) is 0 Å². The Kier molecular flexibility index (Phi) is 4.62. The molecule has 2 rings (SSSR count). The van der Waals surface area contributed by atoms with E-state index in [2.05, 4.69) is 11.4 Å². The summed E-state index contributed by atoms with van der Waals surface area (Å²) in [5.41, 5.74) is 2.40. The van der Waals surface area contributed by atoms with Crippen molar-refractivity contribution >= 4 is 11.6 Å². The van der Waals surface area contributed by atoms with E-state index in [0.29, 0.717) is 5.75 Å². The average Bonchev–Trinajstić information content (AvgIpc) is 2.37. The van der Waals surface area contributed by atoms with Crippen molar-refractivity contribution < 1.29 is 5.11 Å². The molecule has 0 unspecified atom stereocenters. The minimum Gasteiger partial charge on any atom is -0.508 e. The van der Waals surface area contributed by atoms with Crippen LogP contribution in [0.5, 0.6) is 5.75 Å². The molecule has 18 heavy (non-hydrogen) atoms. The molecule has 0 atom stereocenters. The zero-order valence-electron chi connectivity index (χ0n) is 10.1. The number of phenolic OH excluding ortho intramolecular Hbond substituents is 1. The minimum atomic E-state index is 0.303. The fraction of sp³-hybridized carbons (Fsp3) is 0.200. The number of nitrogens with one attached hydrogen (secondary N) is 1. The van der Waals surface area contributed by atoms with Gasteiger partial charge >= 0.3 is 0 Å². The standard InChI is InChI=1S/C15H16ClNO/c16-14-3-1-2-12(10-14)8-9-17-11-13-4-6-15(18)7-5-13/h1-7,10,17-18H,8-9,11H2. The number of phenols is 1. The Bertz CT molecular complexity index is 496. The molecule has 0 aliphatic carbocycles. The van der Waals surface area contributed by atoms with Gasteiger partial charge in [0.1, 0.15) is 5.75 Å². The van der Waals surface area contributed by atoms with E-state index in [1.165, 1.54) is 11.1 Å². The first-order valence-electron chi connectivity index (χ1n) is 5.97. The van der Waals surface area contributed by atoms with Crippen molar-refractivity contribution in [3.8, 4) is 5.75 Å². The lowest BCUT2D eigenvalue weighted by atomic mass is 10.1. The van der Waals surface area contributed by atoms with Crippen molar-refractivity contribution in [2.24, 2.45) is 0 Å². The van der Waals surface area contributed by atoms with Crippen LogP contribution in [-0.4, -0.2) is 11.7 Å². The van der Waals surface area contributed by atoms with Crippen LogP contribution in [0.15, 0.2) is 48.5 Å². The van der Waals surface area contributed by atoms with E-state index in [1.807, 2.05) is 30.3 Å². The van der Waals surface area contributed by atoms with E-state index in [4.69, 9.17) is 11.6 Å². The SMILES string of the molecule is Oc1ccc(CNCCc2cccc(Cl)c2)cc1. The molecule has 0 aliphatic rings. The Morgan fingerprint density at radius 1 is 1.00 bits per heavy atom. The van der Waals surface area contributed by atoms with Gasteiger partial charge in [-0.15, -0.1) is 0 Å². The van der Waals surface area contributed by atoms with Gasteiger partial charge in [-0.1, -0.05) is 35.9 Å². The van der Waals surface area contributed by atoms with E-state index in [0.717, 1.165) is 24.5 Å². The molecule has 2 nitrogen and oxygen atoms in total. The normalized spacial score (nSPS) is 10.5. The predicted molar refractivity (Wildman–Crippen MR) is 75.0 cm³/mol. The van der Waals surface area contributed by atoms with E-state index >= 15 is 0 Å². The summed E-state index contributed by atoms with van der Waals surface area (Å²) in [5, 5.41) is 13.3. The van der Waals surface area contributed by atoms with Crippen LogP contribution in [0.1, 0.15) is 11.1 Å². The average molecular weight is 262 g/mol. The number of aromatic hydroxyl groups is 1. The summed E-state index contributed by atoms with van der Waals surface area (Å²) in [5.74, 6) is 0.303. The number of benzene rings is 2. The molecular weight excluding hydrogens is 246 g/mol. The maximum atomic E-state index is 9.17. The minimum absolute atomic E-state index is 0.303. The van der Waals surface area contributed by atoms with Crippen molar-refractivity contribution in [2.45, 2.75) is 13.0 Å². The molecule has 0 bridgehead atoms. The summed E-state index contributed by atoms with van der Waals surface area (Å²) in [6.45, 7) is 1.71. The largest absolute Gasteiger partial charge is 0.508 e. The Morgan fingerprint density at radius 3 is 2.50 bits per heavy atom. The second kappa shape index (κ2) is 6.43. The van der Waals surface area contributed by atoms with E-state index in [1.54, 1.807) is 12.1 Å². The van der Waals surface area contributed by atoms with Gasteiger partial charge in [0.15, 0.2) is 0 Å². The third-order valence-electron chi connectivity index (χ3n) is 2.74. The second-order valence-corrected chi connectivity index (χ2v) is 4.66. The zero-order chi connectivity index (χ0) is 12.8. The van der Waals surface area contributed by atoms with Crippen LogP contribution in [0.4, 0.5) is 0 Å². The van der Waals surface area contributed by atoms with E-state index in [9.17, 15) is 5.11 Å². The number of halogens is 1. The summed E-state index contributed by atoms with van der Waals surface area (Å²) in [4.78, 5) is 0. The lowest BCUT2D eigenvalue weighted by molar-refractivity contribution is 0.475. The molecule has 0 saturated heterocycles. The van der Waals surface area contributed by atoms with Crippen LogP contribution < -0.4 is 5.32 Å².